The molecule has 0 saturated carbocycles. The van der Waals surface area contributed by atoms with Crippen LogP contribution in [0.2, 0.25) is 0 Å². The number of likely N-dealkylation sites (N-methyl/N-ethyl adjacent to an activating group) is 1. The SMILES string of the molecule is COc1cccc(C(CNc2nc3c(cnn3C)c(=O)[nH]2)N(C)C)c1. The van der Waals surface area contributed by atoms with E-state index >= 15 is 0 Å². The maximum Gasteiger partial charge on any atom is 0.263 e. The second-order valence-electron chi connectivity index (χ2n) is 6.06. The molecule has 0 saturated heterocycles. The lowest BCUT2D eigenvalue weighted by atomic mass is 10.1. The average molecular weight is 342 g/mol. The van der Waals surface area contributed by atoms with E-state index in [1.807, 2.05) is 32.3 Å². The van der Waals surface area contributed by atoms with Crippen LogP contribution < -0.4 is 15.6 Å². The fraction of sp³-hybridized carbons (Fsp3) is 0.353. The normalized spacial score (nSPS) is 12.5. The molecule has 0 aliphatic rings. The zero-order chi connectivity index (χ0) is 18.0. The molecule has 0 aliphatic carbocycles. The summed E-state index contributed by atoms with van der Waals surface area (Å²) in [6.45, 7) is 0.576. The molecule has 3 rings (SSSR count). The van der Waals surface area contributed by atoms with E-state index in [0.717, 1.165) is 11.3 Å². The van der Waals surface area contributed by atoms with Crippen LogP contribution in [0.1, 0.15) is 11.6 Å². The van der Waals surface area contributed by atoms with Gasteiger partial charge in [0, 0.05) is 13.6 Å². The van der Waals surface area contributed by atoms with Crippen LogP contribution in [0.15, 0.2) is 35.3 Å². The quantitative estimate of drug-likeness (QED) is 0.704. The summed E-state index contributed by atoms with van der Waals surface area (Å²) >= 11 is 0. The molecule has 1 aromatic carbocycles. The number of aromatic amines is 1. The third kappa shape index (κ3) is 3.48. The van der Waals surface area contributed by atoms with Gasteiger partial charge in [-0.05, 0) is 31.8 Å². The first-order valence-electron chi connectivity index (χ1n) is 7.96. The van der Waals surface area contributed by atoms with Crippen molar-refractivity contribution in [1.82, 2.24) is 24.6 Å². The van der Waals surface area contributed by atoms with Crippen LogP contribution in [0, 0.1) is 0 Å². The van der Waals surface area contributed by atoms with Crippen molar-refractivity contribution in [2.75, 3.05) is 33.1 Å². The second kappa shape index (κ2) is 6.94. The van der Waals surface area contributed by atoms with Gasteiger partial charge in [0.1, 0.15) is 11.1 Å². The standard InChI is InChI=1S/C17H22N6O2/c1-22(2)14(11-6-5-7-12(8-11)25-4)10-18-17-20-15-13(16(24)21-17)9-19-23(15)3/h5-9,14H,10H2,1-4H3,(H2,18,20,21,24). The predicted molar refractivity (Wildman–Crippen MR) is 97.0 cm³/mol. The summed E-state index contributed by atoms with van der Waals surface area (Å²) < 4.78 is 6.89. The molecule has 0 amide bonds. The Morgan fingerprint density at radius 1 is 1.40 bits per heavy atom. The van der Waals surface area contributed by atoms with Crippen LogP contribution in [0.5, 0.6) is 5.75 Å². The van der Waals surface area contributed by atoms with Gasteiger partial charge in [-0.1, -0.05) is 12.1 Å². The van der Waals surface area contributed by atoms with Crippen molar-refractivity contribution in [1.29, 1.82) is 0 Å². The monoisotopic (exact) mass is 342 g/mol. The van der Waals surface area contributed by atoms with E-state index in [-0.39, 0.29) is 11.6 Å². The molecule has 2 heterocycles. The molecule has 0 radical (unpaired) electrons. The van der Waals surface area contributed by atoms with Gasteiger partial charge in [0.25, 0.3) is 5.56 Å². The Labute approximate surface area is 145 Å². The van der Waals surface area contributed by atoms with Crippen LogP contribution in [-0.4, -0.2) is 52.4 Å². The highest BCUT2D eigenvalue weighted by Gasteiger charge is 2.16. The molecule has 0 spiro atoms. The maximum absolute atomic E-state index is 12.1. The van der Waals surface area contributed by atoms with Crippen molar-refractivity contribution in [3.05, 3.63) is 46.4 Å². The topological polar surface area (TPSA) is 88.1 Å². The van der Waals surface area contributed by atoms with E-state index in [2.05, 4.69) is 31.3 Å². The predicted octanol–water partition coefficient (Wildman–Crippen LogP) is 1.38. The lowest BCUT2D eigenvalue weighted by Crippen LogP contribution is -2.28. The van der Waals surface area contributed by atoms with Crippen molar-refractivity contribution in [2.24, 2.45) is 7.05 Å². The Kier molecular flexibility index (Phi) is 4.71. The van der Waals surface area contributed by atoms with Gasteiger partial charge in [-0.25, -0.2) is 0 Å². The Balaban J connectivity index is 1.84. The van der Waals surface area contributed by atoms with Crippen molar-refractivity contribution >= 4 is 17.0 Å². The number of nitrogens with one attached hydrogen (secondary N) is 2. The molecular formula is C17H22N6O2. The average Bonchev–Trinajstić information content (AvgIpc) is 2.97. The Bertz CT molecular complexity index is 930. The van der Waals surface area contributed by atoms with Crippen LogP contribution >= 0.6 is 0 Å². The first-order valence-corrected chi connectivity index (χ1v) is 7.96. The molecule has 1 unspecified atom stereocenters. The highest BCUT2D eigenvalue weighted by molar-refractivity contribution is 5.74. The second-order valence-corrected chi connectivity index (χ2v) is 6.06. The van der Waals surface area contributed by atoms with E-state index < -0.39 is 0 Å². The molecule has 1 atom stereocenters. The van der Waals surface area contributed by atoms with Crippen molar-refractivity contribution in [3.63, 3.8) is 0 Å². The van der Waals surface area contributed by atoms with Crippen LogP contribution in [0.3, 0.4) is 0 Å². The summed E-state index contributed by atoms with van der Waals surface area (Å²) in [5, 5.41) is 7.77. The number of hydrogen-bond acceptors (Lipinski definition) is 6. The Morgan fingerprint density at radius 2 is 2.20 bits per heavy atom. The number of methoxy groups -OCH3 is 1. The molecule has 25 heavy (non-hydrogen) atoms. The zero-order valence-corrected chi connectivity index (χ0v) is 14.8. The number of nitrogens with zero attached hydrogens (tertiary/aromatic N) is 4. The molecule has 0 aliphatic heterocycles. The number of aryl methyl sites for hydroxylation is 1. The van der Waals surface area contributed by atoms with Gasteiger partial charge in [0.05, 0.1) is 19.3 Å². The maximum atomic E-state index is 12.1. The fourth-order valence-corrected chi connectivity index (χ4v) is 2.76. The van der Waals surface area contributed by atoms with Gasteiger partial charge < -0.3 is 15.0 Å². The number of fused-ring (bicyclic) bond motifs is 1. The minimum Gasteiger partial charge on any atom is -0.497 e. The van der Waals surface area contributed by atoms with Gasteiger partial charge in [-0.3, -0.25) is 14.5 Å². The largest absolute Gasteiger partial charge is 0.497 e. The van der Waals surface area contributed by atoms with Gasteiger partial charge in [-0.2, -0.15) is 10.1 Å². The summed E-state index contributed by atoms with van der Waals surface area (Å²) in [5.74, 6) is 1.24. The van der Waals surface area contributed by atoms with Crippen molar-refractivity contribution in [3.8, 4) is 5.75 Å². The molecule has 8 heteroatoms. The van der Waals surface area contributed by atoms with Crippen LogP contribution in [-0.2, 0) is 7.05 Å². The third-order valence-electron chi connectivity index (χ3n) is 4.17. The fourth-order valence-electron chi connectivity index (χ4n) is 2.76. The van der Waals surface area contributed by atoms with E-state index in [1.54, 1.807) is 18.8 Å². The third-order valence-corrected chi connectivity index (χ3v) is 4.17. The number of H-pyrrole nitrogens is 1. The lowest BCUT2D eigenvalue weighted by Gasteiger charge is -2.25. The van der Waals surface area contributed by atoms with E-state index in [1.165, 1.54) is 6.20 Å². The highest BCUT2D eigenvalue weighted by atomic mass is 16.5. The number of rotatable bonds is 6. The van der Waals surface area contributed by atoms with E-state index in [4.69, 9.17) is 4.74 Å². The molecule has 0 bridgehead atoms. The summed E-state index contributed by atoms with van der Waals surface area (Å²) in [6.07, 6.45) is 1.52. The van der Waals surface area contributed by atoms with Gasteiger partial charge >= 0.3 is 0 Å². The number of ether oxygens (including phenoxy) is 1. The Morgan fingerprint density at radius 3 is 2.92 bits per heavy atom. The first-order chi connectivity index (χ1) is 12.0. The summed E-state index contributed by atoms with van der Waals surface area (Å²) in [6, 6.07) is 8.02. The smallest absolute Gasteiger partial charge is 0.263 e. The zero-order valence-electron chi connectivity index (χ0n) is 14.8. The number of hydrogen-bond donors (Lipinski definition) is 2. The minimum absolute atomic E-state index is 0.0858. The highest BCUT2D eigenvalue weighted by Crippen LogP contribution is 2.23. The van der Waals surface area contributed by atoms with Gasteiger partial charge in [-0.15, -0.1) is 0 Å². The molecule has 3 aromatic rings. The number of anilines is 1. The van der Waals surface area contributed by atoms with E-state index in [9.17, 15) is 4.79 Å². The van der Waals surface area contributed by atoms with Crippen molar-refractivity contribution in [2.45, 2.75) is 6.04 Å². The molecule has 0 fully saturated rings. The minimum atomic E-state index is -0.205. The first kappa shape index (κ1) is 17.0. The summed E-state index contributed by atoms with van der Waals surface area (Å²) in [4.78, 5) is 21.4. The molecule has 2 aromatic heterocycles. The number of benzene rings is 1. The molecule has 8 nitrogen and oxygen atoms in total. The summed E-state index contributed by atoms with van der Waals surface area (Å²) in [7, 11) is 7.43. The molecule has 132 valence electrons. The number of aromatic nitrogens is 4. The van der Waals surface area contributed by atoms with Crippen molar-refractivity contribution < 1.29 is 4.74 Å². The molecular weight excluding hydrogens is 320 g/mol. The van der Waals surface area contributed by atoms with E-state index in [0.29, 0.717) is 23.5 Å². The summed E-state index contributed by atoms with van der Waals surface area (Å²) in [5.41, 5.74) is 1.46. The molecule has 2 N–H and O–H groups in total. The van der Waals surface area contributed by atoms with Gasteiger partial charge in [0.15, 0.2) is 5.65 Å². The lowest BCUT2D eigenvalue weighted by molar-refractivity contribution is 0.310. The Hall–Kier alpha value is -2.87. The van der Waals surface area contributed by atoms with Crippen LogP contribution in [0.4, 0.5) is 5.95 Å². The van der Waals surface area contributed by atoms with Gasteiger partial charge in [0.2, 0.25) is 5.95 Å². The van der Waals surface area contributed by atoms with Crippen LogP contribution in [0.25, 0.3) is 11.0 Å².